The molecule has 0 atom stereocenters. The smallest absolute Gasteiger partial charge is 0.269 e. The van der Waals surface area contributed by atoms with Crippen molar-refractivity contribution in [2.75, 3.05) is 11.9 Å². The van der Waals surface area contributed by atoms with Gasteiger partial charge in [-0.05, 0) is 31.4 Å². The van der Waals surface area contributed by atoms with Gasteiger partial charge in [-0.1, -0.05) is 32.1 Å². The number of rotatable bonds is 7. The van der Waals surface area contributed by atoms with Gasteiger partial charge < -0.3 is 10.6 Å². The van der Waals surface area contributed by atoms with E-state index in [1.54, 1.807) is 12.1 Å². The topological polar surface area (TPSA) is 84.3 Å². The van der Waals surface area contributed by atoms with Crippen LogP contribution in [0.2, 0.25) is 0 Å². The lowest BCUT2D eigenvalue weighted by molar-refractivity contribution is -0.384. The lowest BCUT2D eigenvalue weighted by Gasteiger charge is -2.21. The van der Waals surface area contributed by atoms with Gasteiger partial charge in [-0.3, -0.25) is 14.9 Å². The van der Waals surface area contributed by atoms with E-state index in [-0.39, 0.29) is 11.6 Å². The third-order valence-corrected chi connectivity index (χ3v) is 4.46. The Kier molecular flexibility index (Phi) is 7.52. The van der Waals surface area contributed by atoms with Crippen molar-refractivity contribution < 1.29 is 9.72 Å². The third kappa shape index (κ3) is 6.56. The van der Waals surface area contributed by atoms with Gasteiger partial charge >= 0.3 is 0 Å². The number of nitro benzene ring substituents is 1. The molecule has 0 heterocycles. The van der Waals surface area contributed by atoms with Crippen molar-refractivity contribution in [2.45, 2.75) is 63.8 Å². The van der Waals surface area contributed by atoms with Gasteiger partial charge in [0, 0.05) is 36.8 Å². The normalized spacial score (nSPS) is 16.0. The minimum absolute atomic E-state index is 0.0825. The number of benzene rings is 1. The quantitative estimate of drug-likeness (QED) is 0.448. The van der Waals surface area contributed by atoms with Crippen molar-refractivity contribution in [1.29, 1.82) is 0 Å². The van der Waals surface area contributed by atoms with Gasteiger partial charge in [0.05, 0.1) is 4.92 Å². The number of hydrogen-bond donors (Lipinski definition) is 2. The minimum Gasteiger partial charge on any atom is -0.385 e. The summed E-state index contributed by atoms with van der Waals surface area (Å²) in [5, 5.41) is 16.9. The maximum absolute atomic E-state index is 12.0. The fourth-order valence-corrected chi connectivity index (χ4v) is 3.08. The second kappa shape index (κ2) is 9.90. The molecule has 0 aromatic heterocycles. The molecule has 1 aromatic rings. The van der Waals surface area contributed by atoms with Crippen molar-refractivity contribution in [3.05, 3.63) is 34.4 Å². The highest BCUT2D eigenvalue weighted by atomic mass is 16.6. The Bertz CT molecular complexity index is 523. The molecule has 0 aliphatic heterocycles. The van der Waals surface area contributed by atoms with Crippen LogP contribution in [-0.2, 0) is 4.79 Å². The van der Waals surface area contributed by atoms with E-state index in [1.165, 1.54) is 44.2 Å². The SMILES string of the molecule is O=C(CCCNc1ccc([N+](=O)[O-])cc1)NC1CCCCCCC1. The van der Waals surface area contributed by atoms with Crippen LogP contribution in [0.5, 0.6) is 0 Å². The zero-order chi connectivity index (χ0) is 17.2. The van der Waals surface area contributed by atoms with Crippen LogP contribution in [0.15, 0.2) is 24.3 Å². The Labute approximate surface area is 143 Å². The average molecular weight is 333 g/mol. The molecule has 1 saturated carbocycles. The third-order valence-electron chi connectivity index (χ3n) is 4.46. The number of non-ortho nitro benzene ring substituents is 1. The lowest BCUT2D eigenvalue weighted by Crippen LogP contribution is -2.35. The van der Waals surface area contributed by atoms with Gasteiger partial charge in [0.25, 0.3) is 5.69 Å². The van der Waals surface area contributed by atoms with Crippen molar-refractivity contribution in [3.63, 3.8) is 0 Å². The second-order valence-corrected chi connectivity index (χ2v) is 6.44. The highest BCUT2D eigenvalue weighted by Gasteiger charge is 2.13. The molecule has 0 saturated heterocycles. The number of hydrogen-bond acceptors (Lipinski definition) is 4. The van der Waals surface area contributed by atoms with E-state index in [2.05, 4.69) is 10.6 Å². The summed E-state index contributed by atoms with van der Waals surface area (Å²) >= 11 is 0. The summed E-state index contributed by atoms with van der Waals surface area (Å²) in [5.41, 5.74) is 0.917. The molecule has 1 aliphatic carbocycles. The summed E-state index contributed by atoms with van der Waals surface area (Å²) in [6, 6.07) is 6.67. The summed E-state index contributed by atoms with van der Waals surface area (Å²) in [4.78, 5) is 22.2. The van der Waals surface area contributed by atoms with Crippen LogP contribution in [0.25, 0.3) is 0 Å². The number of nitrogens with zero attached hydrogens (tertiary/aromatic N) is 1. The first-order chi connectivity index (χ1) is 11.6. The van der Waals surface area contributed by atoms with Gasteiger partial charge in [-0.15, -0.1) is 0 Å². The Morgan fingerprint density at radius 3 is 2.33 bits per heavy atom. The minimum atomic E-state index is -0.413. The predicted octanol–water partition coefficient (Wildman–Crippen LogP) is 4.02. The molecule has 2 N–H and O–H groups in total. The Hall–Kier alpha value is -2.11. The number of amides is 1. The average Bonchev–Trinajstić information content (AvgIpc) is 2.54. The highest BCUT2D eigenvalue weighted by molar-refractivity contribution is 5.76. The van der Waals surface area contributed by atoms with Gasteiger partial charge in [-0.2, -0.15) is 0 Å². The van der Waals surface area contributed by atoms with Crippen molar-refractivity contribution in [3.8, 4) is 0 Å². The van der Waals surface area contributed by atoms with Crippen LogP contribution >= 0.6 is 0 Å². The van der Waals surface area contributed by atoms with Gasteiger partial charge in [0.2, 0.25) is 5.91 Å². The zero-order valence-corrected chi connectivity index (χ0v) is 14.1. The summed E-state index contributed by atoms with van der Waals surface area (Å²) in [7, 11) is 0. The standard InChI is InChI=1S/C18H27N3O3/c22-18(20-16-7-4-2-1-3-5-8-16)9-6-14-19-15-10-12-17(13-11-15)21(23)24/h10-13,16,19H,1-9,14H2,(H,20,22). The summed E-state index contributed by atoms with van der Waals surface area (Å²) in [6.07, 6.45) is 9.79. The van der Waals surface area contributed by atoms with Crippen LogP contribution in [0.1, 0.15) is 57.8 Å². The monoisotopic (exact) mass is 333 g/mol. The first kappa shape index (κ1) is 18.2. The van der Waals surface area contributed by atoms with Crippen LogP contribution < -0.4 is 10.6 Å². The molecule has 24 heavy (non-hydrogen) atoms. The number of anilines is 1. The fourth-order valence-electron chi connectivity index (χ4n) is 3.08. The van der Waals surface area contributed by atoms with Gasteiger partial charge in [0.15, 0.2) is 0 Å². The van der Waals surface area contributed by atoms with Crippen LogP contribution in [0, 0.1) is 10.1 Å². The summed E-state index contributed by atoms with van der Waals surface area (Å²) in [5.74, 6) is 0.131. The number of nitrogens with one attached hydrogen (secondary N) is 2. The van der Waals surface area contributed by atoms with E-state index in [0.717, 1.165) is 24.9 Å². The molecule has 0 spiro atoms. The number of carbonyl (C=O) groups excluding carboxylic acids is 1. The van der Waals surface area contributed by atoms with Gasteiger partial charge in [0.1, 0.15) is 0 Å². The van der Waals surface area contributed by atoms with Gasteiger partial charge in [-0.25, -0.2) is 0 Å². The highest BCUT2D eigenvalue weighted by Crippen LogP contribution is 2.17. The largest absolute Gasteiger partial charge is 0.385 e. The molecule has 6 nitrogen and oxygen atoms in total. The molecular formula is C18H27N3O3. The molecule has 0 radical (unpaired) electrons. The molecule has 1 fully saturated rings. The maximum atomic E-state index is 12.0. The van der Waals surface area contributed by atoms with Crippen molar-refractivity contribution in [2.24, 2.45) is 0 Å². The molecule has 1 amide bonds. The van der Waals surface area contributed by atoms with Crippen LogP contribution in [0.3, 0.4) is 0 Å². The Morgan fingerprint density at radius 2 is 1.71 bits per heavy atom. The first-order valence-corrected chi connectivity index (χ1v) is 8.93. The van der Waals surface area contributed by atoms with Crippen molar-refractivity contribution >= 4 is 17.3 Å². The molecule has 6 heteroatoms. The molecule has 0 bridgehead atoms. The molecule has 1 aliphatic rings. The second-order valence-electron chi connectivity index (χ2n) is 6.44. The van der Waals surface area contributed by atoms with E-state index in [0.29, 0.717) is 19.0 Å². The van der Waals surface area contributed by atoms with E-state index in [9.17, 15) is 14.9 Å². The molecule has 0 unspecified atom stereocenters. The molecule has 132 valence electrons. The predicted molar refractivity (Wildman–Crippen MR) is 95.1 cm³/mol. The number of carbonyl (C=O) groups is 1. The Balaban J connectivity index is 1.62. The number of nitro groups is 1. The van der Waals surface area contributed by atoms with Crippen molar-refractivity contribution in [1.82, 2.24) is 5.32 Å². The maximum Gasteiger partial charge on any atom is 0.269 e. The first-order valence-electron chi connectivity index (χ1n) is 8.93. The fraction of sp³-hybridized carbons (Fsp3) is 0.611. The summed E-state index contributed by atoms with van der Waals surface area (Å²) in [6.45, 7) is 0.676. The Morgan fingerprint density at radius 1 is 1.08 bits per heavy atom. The van der Waals surface area contributed by atoms with Crippen LogP contribution in [-0.4, -0.2) is 23.4 Å². The van der Waals surface area contributed by atoms with E-state index in [1.807, 2.05) is 0 Å². The van der Waals surface area contributed by atoms with Crippen LogP contribution in [0.4, 0.5) is 11.4 Å². The molecular weight excluding hydrogens is 306 g/mol. The molecule has 2 rings (SSSR count). The van der Waals surface area contributed by atoms with E-state index < -0.39 is 4.92 Å². The lowest BCUT2D eigenvalue weighted by atomic mass is 9.96. The summed E-state index contributed by atoms with van der Waals surface area (Å²) < 4.78 is 0. The zero-order valence-electron chi connectivity index (χ0n) is 14.1. The molecule has 1 aromatic carbocycles. The van der Waals surface area contributed by atoms with E-state index in [4.69, 9.17) is 0 Å². The van der Waals surface area contributed by atoms with E-state index >= 15 is 0 Å².